The van der Waals surface area contributed by atoms with Crippen molar-refractivity contribution in [2.45, 2.75) is 58.3 Å². The number of piperidine rings is 1. The molecule has 0 radical (unpaired) electrons. The molecule has 136 valence electrons. The summed E-state index contributed by atoms with van der Waals surface area (Å²) in [5.74, 6) is 1.94. The molecule has 1 fully saturated rings. The first-order valence-electron chi connectivity index (χ1n) is 9.19. The minimum atomic E-state index is 0. The second kappa shape index (κ2) is 9.94. The molecule has 24 heavy (non-hydrogen) atoms. The van der Waals surface area contributed by atoms with Gasteiger partial charge in [-0.15, -0.1) is 35.3 Å². The van der Waals surface area contributed by atoms with Gasteiger partial charge in [-0.05, 0) is 50.9 Å². The molecule has 1 N–H and O–H groups in total. The zero-order valence-corrected chi connectivity index (χ0v) is 18.2. The Morgan fingerprint density at radius 2 is 2.04 bits per heavy atom. The first-order valence-corrected chi connectivity index (χ1v) is 10.0. The Labute approximate surface area is 167 Å². The van der Waals surface area contributed by atoms with Crippen LogP contribution in [0.5, 0.6) is 0 Å². The van der Waals surface area contributed by atoms with Crippen LogP contribution >= 0.6 is 35.3 Å². The van der Waals surface area contributed by atoms with Gasteiger partial charge in [0.05, 0.1) is 10.7 Å². The van der Waals surface area contributed by atoms with Gasteiger partial charge < -0.3 is 10.2 Å². The number of halogens is 1. The molecule has 3 rings (SSSR count). The van der Waals surface area contributed by atoms with E-state index in [-0.39, 0.29) is 24.0 Å². The van der Waals surface area contributed by atoms with Gasteiger partial charge in [0, 0.05) is 38.0 Å². The van der Waals surface area contributed by atoms with Crippen LogP contribution in [0.1, 0.15) is 54.6 Å². The molecular formula is C18H31IN4S. The van der Waals surface area contributed by atoms with Gasteiger partial charge in [0.2, 0.25) is 0 Å². The number of hydrogen-bond acceptors (Lipinski definition) is 3. The highest BCUT2D eigenvalue weighted by Crippen LogP contribution is 2.27. The largest absolute Gasteiger partial charge is 0.356 e. The number of aliphatic imine (C=N–C) groups is 1. The molecule has 1 aromatic heterocycles. The smallest absolute Gasteiger partial charge is 0.193 e. The maximum Gasteiger partial charge on any atom is 0.193 e. The van der Waals surface area contributed by atoms with Gasteiger partial charge in [0.1, 0.15) is 0 Å². The third-order valence-corrected chi connectivity index (χ3v) is 6.25. The fourth-order valence-electron chi connectivity index (χ4n) is 3.50. The van der Waals surface area contributed by atoms with Crippen molar-refractivity contribution in [2.75, 3.05) is 26.7 Å². The van der Waals surface area contributed by atoms with E-state index in [4.69, 9.17) is 4.98 Å². The molecule has 1 aliphatic heterocycles. The fraction of sp³-hybridized carbons (Fsp3) is 0.778. The number of likely N-dealkylation sites (tertiary alicyclic amines) is 1. The van der Waals surface area contributed by atoms with Crippen LogP contribution in [0.3, 0.4) is 0 Å². The van der Waals surface area contributed by atoms with Gasteiger partial charge in [0.15, 0.2) is 5.96 Å². The van der Waals surface area contributed by atoms with E-state index in [1.54, 1.807) is 4.88 Å². The van der Waals surface area contributed by atoms with E-state index >= 15 is 0 Å². The number of hydrogen-bond donors (Lipinski definition) is 1. The van der Waals surface area contributed by atoms with Crippen LogP contribution < -0.4 is 5.32 Å². The molecule has 0 bridgehead atoms. The Kier molecular flexibility index (Phi) is 8.27. The minimum Gasteiger partial charge on any atom is -0.356 e. The van der Waals surface area contributed by atoms with Crippen molar-refractivity contribution < 1.29 is 0 Å². The molecule has 1 aromatic rings. The Morgan fingerprint density at radius 3 is 2.75 bits per heavy atom. The standard InChI is InChI=1S/C18H30N4S.HI/c1-14-9-12-22(13-10-14)18(19-2)20-11-5-8-17-21-15-6-3-4-7-16(15)23-17;/h14H,3-13H2,1-2H3,(H,19,20);1H. The zero-order chi connectivity index (χ0) is 16.1. The summed E-state index contributed by atoms with van der Waals surface area (Å²) in [6.45, 7) is 5.62. The predicted octanol–water partition coefficient (Wildman–Crippen LogP) is 3.88. The molecule has 1 aliphatic carbocycles. The third-order valence-electron chi connectivity index (χ3n) is 5.04. The number of aryl methyl sites for hydroxylation is 3. The lowest BCUT2D eigenvalue weighted by Gasteiger charge is -2.32. The fourth-order valence-corrected chi connectivity index (χ4v) is 4.70. The molecule has 0 saturated carbocycles. The summed E-state index contributed by atoms with van der Waals surface area (Å²) in [4.78, 5) is 13.2. The molecule has 4 nitrogen and oxygen atoms in total. The maximum atomic E-state index is 4.84. The SMILES string of the molecule is CN=C(NCCCc1nc2c(s1)CCCC2)N1CCC(C)CC1.I. The van der Waals surface area contributed by atoms with Crippen molar-refractivity contribution in [1.82, 2.24) is 15.2 Å². The predicted molar refractivity (Wildman–Crippen MR) is 114 cm³/mol. The second-order valence-electron chi connectivity index (χ2n) is 6.93. The lowest BCUT2D eigenvalue weighted by atomic mass is 10.00. The van der Waals surface area contributed by atoms with Crippen molar-refractivity contribution in [2.24, 2.45) is 10.9 Å². The lowest BCUT2D eigenvalue weighted by Crippen LogP contribution is -2.45. The Hall–Kier alpha value is -0.370. The van der Waals surface area contributed by atoms with Crippen molar-refractivity contribution in [1.29, 1.82) is 0 Å². The number of nitrogens with zero attached hydrogens (tertiary/aromatic N) is 3. The molecule has 1 saturated heterocycles. The van der Waals surface area contributed by atoms with E-state index in [1.165, 1.54) is 49.2 Å². The minimum absolute atomic E-state index is 0. The molecular weight excluding hydrogens is 431 g/mol. The summed E-state index contributed by atoms with van der Waals surface area (Å²) in [6.07, 6.45) is 9.92. The summed E-state index contributed by atoms with van der Waals surface area (Å²) >= 11 is 1.95. The number of guanidine groups is 1. The average molecular weight is 462 g/mol. The molecule has 6 heteroatoms. The van der Waals surface area contributed by atoms with Crippen LogP contribution in [0.4, 0.5) is 0 Å². The normalized spacial score (nSPS) is 18.9. The monoisotopic (exact) mass is 462 g/mol. The lowest BCUT2D eigenvalue weighted by molar-refractivity contribution is 0.273. The second-order valence-corrected chi connectivity index (χ2v) is 8.10. The van der Waals surface area contributed by atoms with Gasteiger partial charge in [-0.3, -0.25) is 4.99 Å². The van der Waals surface area contributed by atoms with E-state index in [9.17, 15) is 0 Å². The maximum absolute atomic E-state index is 4.84. The molecule has 0 spiro atoms. The zero-order valence-electron chi connectivity index (χ0n) is 15.0. The number of fused-ring (bicyclic) bond motifs is 1. The highest BCUT2D eigenvalue weighted by Gasteiger charge is 2.18. The van der Waals surface area contributed by atoms with Gasteiger partial charge in [-0.2, -0.15) is 0 Å². The van der Waals surface area contributed by atoms with Crippen molar-refractivity contribution >= 4 is 41.3 Å². The first-order chi connectivity index (χ1) is 11.3. The van der Waals surface area contributed by atoms with E-state index in [2.05, 4.69) is 22.1 Å². The summed E-state index contributed by atoms with van der Waals surface area (Å²) < 4.78 is 0. The van der Waals surface area contributed by atoms with E-state index in [0.717, 1.165) is 44.4 Å². The Bertz CT molecular complexity index is 512. The van der Waals surface area contributed by atoms with E-state index in [0.29, 0.717) is 0 Å². The van der Waals surface area contributed by atoms with Crippen LogP contribution in [0.15, 0.2) is 4.99 Å². The highest BCUT2D eigenvalue weighted by atomic mass is 127. The molecule has 2 heterocycles. The van der Waals surface area contributed by atoms with E-state index in [1.807, 2.05) is 18.4 Å². The van der Waals surface area contributed by atoms with Gasteiger partial charge in [0.25, 0.3) is 0 Å². The highest BCUT2D eigenvalue weighted by molar-refractivity contribution is 14.0. The van der Waals surface area contributed by atoms with Crippen LogP contribution in [-0.2, 0) is 19.3 Å². The third kappa shape index (κ3) is 5.31. The van der Waals surface area contributed by atoms with Crippen LogP contribution in [0.2, 0.25) is 0 Å². The summed E-state index contributed by atoms with van der Waals surface area (Å²) in [7, 11) is 1.90. The topological polar surface area (TPSA) is 40.5 Å². The quantitative estimate of drug-likeness (QED) is 0.320. The molecule has 0 unspecified atom stereocenters. The van der Waals surface area contributed by atoms with Gasteiger partial charge >= 0.3 is 0 Å². The molecule has 2 aliphatic rings. The van der Waals surface area contributed by atoms with Crippen LogP contribution in [0, 0.1) is 5.92 Å². The van der Waals surface area contributed by atoms with E-state index < -0.39 is 0 Å². The van der Waals surface area contributed by atoms with Crippen molar-refractivity contribution in [3.05, 3.63) is 15.6 Å². The molecule has 0 aromatic carbocycles. The number of aromatic nitrogens is 1. The van der Waals surface area contributed by atoms with Crippen LogP contribution in [0.25, 0.3) is 0 Å². The average Bonchev–Trinajstić information content (AvgIpc) is 2.99. The van der Waals surface area contributed by atoms with Crippen molar-refractivity contribution in [3.63, 3.8) is 0 Å². The molecule has 0 atom stereocenters. The van der Waals surface area contributed by atoms with Crippen LogP contribution in [-0.4, -0.2) is 42.5 Å². The van der Waals surface area contributed by atoms with Gasteiger partial charge in [-0.25, -0.2) is 4.98 Å². The first kappa shape index (κ1) is 19.9. The number of thiazole rings is 1. The Balaban J connectivity index is 0.00000208. The summed E-state index contributed by atoms with van der Waals surface area (Å²) in [5.41, 5.74) is 1.39. The molecule has 0 amide bonds. The summed E-state index contributed by atoms with van der Waals surface area (Å²) in [6, 6.07) is 0. The summed E-state index contributed by atoms with van der Waals surface area (Å²) in [5, 5.41) is 4.87. The number of rotatable bonds is 4. The Morgan fingerprint density at radius 1 is 1.29 bits per heavy atom. The van der Waals surface area contributed by atoms with Crippen molar-refractivity contribution in [3.8, 4) is 0 Å². The number of nitrogens with one attached hydrogen (secondary N) is 1. The van der Waals surface area contributed by atoms with Gasteiger partial charge in [-0.1, -0.05) is 6.92 Å².